The Labute approximate surface area is 202 Å². The lowest BCUT2D eigenvalue weighted by Crippen LogP contribution is -2.22. The van der Waals surface area contributed by atoms with Crippen molar-refractivity contribution < 1.29 is 27.5 Å². The van der Waals surface area contributed by atoms with Crippen molar-refractivity contribution >= 4 is 34.2 Å². The number of nitrogens with zero attached hydrogens (tertiary/aromatic N) is 1. The molecule has 2 aromatic carbocycles. The Morgan fingerprint density at radius 3 is 2.46 bits per heavy atom. The smallest absolute Gasteiger partial charge is 0.423 e. The molecule has 0 bridgehead atoms. The van der Waals surface area contributed by atoms with Gasteiger partial charge in [0.25, 0.3) is 0 Å². The first-order chi connectivity index (χ1) is 16.5. The standard InChI is InChI=1S/C25H18ClF3N2O4/c1-12-10-15(13(2)30-17-8-9-18(26)31-20(17)24(33)34)23-16(11-12)21(32)19(25(27,28)29)22(35-23)14-6-4-3-5-7-14/h3-11,13,30H,1-2H3,(H,33,34)/t13-/m1/s1. The Hall–Kier alpha value is -3.85. The molecule has 2 aromatic heterocycles. The molecule has 0 spiro atoms. The van der Waals surface area contributed by atoms with Crippen LogP contribution in [-0.2, 0) is 6.18 Å². The summed E-state index contributed by atoms with van der Waals surface area (Å²) in [5, 5.41) is 12.2. The second kappa shape index (κ2) is 9.07. The van der Waals surface area contributed by atoms with E-state index in [9.17, 15) is 27.9 Å². The van der Waals surface area contributed by atoms with E-state index in [2.05, 4.69) is 10.3 Å². The van der Waals surface area contributed by atoms with Gasteiger partial charge in [-0.05, 0) is 37.6 Å². The van der Waals surface area contributed by atoms with E-state index in [0.29, 0.717) is 11.1 Å². The number of pyridine rings is 1. The number of fused-ring (bicyclic) bond motifs is 1. The van der Waals surface area contributed by atoms with Gasteiger partial charge in [-0.2, -0.15) is 13.2 Å². The second-order valence-corrected chi connectivity index (χ2v) is 8.32. The third-order valence-corrected chi connectivity index (χ3v) is 5.60. The lowest BCUT2D eigenvalue weighted by atomic mass is 9.98. The molecule has 2 heterocycles. The lowest BCUT2D eigenvalue weighted by Gasteiger charge is -2.20. The molecule has 0 aliphatic rings. The highest BCUT2D eigenvalue weighted by Gasteiger charge is 2.39. The Morgan fingerprint density at radius 2 is 1.83 bits per heavy atom. The number of aromatic carboxylic acids is 1. The number of anilines is 1. The highest BCUT2D eigenvalue weighted by atomic mass is 35.5. The Morgan fingerprint density at radius 1 is 1.14 bits per heavy atom. The number of carbonyl (C=O) groups is 1. The maximum Gasteiger partial charge on any atom is 0.423 e. The summed E-state index contributed by atoms with van der Waals surface area (Å²) < 4.78 is 47.7. The SMILES string of the molecule is Cc1cc([C@@H](C)Nc2ccc(Cl)nc2C(=O)O)c2oc(-c3ccccc3)c(C(F)(F)F)c(=O)c2c1. The number of aromatic nitrogens is 1. The summed E-state index contributed by atoms with van der Waals surface area (Å²) in [6.45, 7) is 3.30. The van der Waals surface area contributed by atoms with Gasteiger partial charge < -0.3 is 14.8 Å². The molecule has 0 saturated carbocycles. The molecule has 4 aromatic rings. The molecular weight excluding hydrogens is 485 g/mol. The van der Waals surface area contributed by atoms with Crippen LogP contribution in [-0.4, -0.2) is 16.1 Å². The molecular formula is C25H18ClF3N2O4. The third-order valence-electron chi connectivity index (χ3n) is 5.39. The van der Waals surface area contributed by atoms with Crippen LogP contribution in [0.2, 0.25) is 5.15 Å². The fraction of sp³-hybridized carbons (Fsp3) is 0.160. The predicted octanol–water partition coefficient (Wildman–Crippen LogP) is 6.71. The zero-order chi connectivity index (χ0) is 25.5. The van der Waals surface area contributed by atoms with Crippen molar-refractivity contribution in [3.8, 4) is 11.3 Å². The molecule has 4 rings (SSSR count). The van der Waals surface area contributed by atoms with Crippen molar-refractivity contribution in [2.24, 2.45) is 0 Å². The minimum atomic E-state index is -4.95. The van der Waals surface area contributed by atoms with Crippen LogP contribution in [0.5, 0.6) is 0 Å². The van der Waals surface area contributed by atoms with Crippen molar-refractivity contribution in [2.45, 2.75) is 26.1 Å². The van der Waals surface area contributed by atoms with Gasteiger partial charge in [0.1, 0.15) is 16.3 Å². The van der Waals surface area contributed by atoms with Crippen LogP contribution in [0.3, 0.4) is 0 Å². The summed E-state index contributed by atoms with van der Waals surface area (Å²) in [5.74, 6) is -1.91. The van der Waals surface area contributed by atoms with Crippen molar-refractivity contribution in [1.29, 1.82) is 0 Å². The topological polar surface area (TPSA) is 92.4 Å². The van der Waals surface area contributed by atoms with Crippen molar-refractivity contribution in [3.63, 3.8) is 0 Å². The van der Waals surface area contributed by atoms with Crippen LogP contribution in [0.15, 0.2) is 63.8 Å². The molecule has 2 N–H and O–H groups in total. The van der Waals surface area contributed by atoms with Crippen molar-refractivity contribution in [3.05, 3.63) is 92.4 Å². The average molecular weight is 503 g/mol. The molecule has 35 heavy (non-hydrogen) atoms. The van der Waals surface area contributed by atoms with Crippen LogP contribution >= 0.6 is 11.6 Å². The molecule has 1 atom stereocenters. The van der Waals surface area contributed by atoms with E-state index >= 15 is 0 Å². The zero-order valence-electron chi connectivity index (χ0n) is 18.4. The maximum absolute atomic E-state index is 14.0. The number of carboxylic acids is 1. The van der Waals surface area contributed by atoms with Gasteiger partial charge in [0.05, 0.1) is 17.1 Å². The molecule has 0 radical (unpaired) electrons. The highest BCUT2D eigenvalue weighted by molar-refractivity contribution is 6.29. The van der Waals surface area contributed by atoms with Crippen molar-refractivity contribution in [2.75, 3.05) is 5.32 Å². The first kappa shape index (κ1) is 24.3. The molecule has 0 aliphatic carbocycles. The zero-order valence-corrected chi connectivity index (χ0v) is 19.2. The van der Waals surface area contributed by atoms with Gasteiger partial charge in [-0.3, -0.25) is 4.79 Å². The largest absolute Gasteiger partial charge is 0.476 e. The number of carboxylic acid groups (broad SMARTS) is 1. The number of rotatable bonds is 5. The molecule has 10 heteroatoms. The fourth-order valence-electron chi connectivity index (χ4n) is 3.87. The summed E-state index contributed by atoms with van der Waals surface area (Å²) in [5.41, 5.74) is -1.81. The van der Waals surface area contributed by atoms with E-state index in [1.807, 2.05) is 0 Å². The van der Waals surface area contributed by atoms with Gasteiger partial charge in [0.2, 0.25) is 5.43 Å². The lowest BCUT2D eigenvalue weighted by molar-refractivity contribution is -0.138. The summed E-state index contributed by atoms with van der Waals surface area (Å²) in [7, 11) is 0. The Bertz CT molecular complexity index is 1500. The van der Waals surface area contributed by atoms with Gasteiger partial charge in [0, 0.05) is 11.1 Å². The number of hydrogen-bond acceptors (Lipinski definition) is 5. The summed E-state index contributed by atoms with van der Waals surface area (Å²) >= 11 is 5.81. The van der Waals surface area contributed by atoms with Crippen LogP contribution < -0.4 is 10.7 Å². The summed E-state index contributed by atoms with van der Waals surface area (Å²) in [4.78, 5) is 28.6. The molecule has 180 valence electrons. The average Bonchev–Trinajstić information content (AvgIpc) is 2.79. The summed E-state index contributed by atoms with van der Waals surface area (Å²) in [6, 6.07) is 12.7. The third kappa shape index (κ3) is 4.72. The number of hydrogen-bond donors (Lipinski definition) is 2. The molecule has 0 fully saturated rings. The van der Waals surface area contributed by atoms with E-state index in [-0.39, 0.29) is 33.1 Å². The summed E-state index contributed by atoms with van der Waals surface area (Å²) in [6.07, 6.45) is -4.95. The fourth-order valence-corrected chi connectivity index (χ4v) is 4.02. The second-order valence-electron chi connectivity index (χ2n) is 7.93. The molecule has 0 amide bonds. The Kier molecular flexibility index (Phi) is 6.29. The Balaban J connectivity index is 1.96. The van der Waals surface area contributed by atoms with E-state index < -0.39 is 34.9 Å². The van der Waals surface area contributed by atoms with Gasteiger partial charge in [-0.15, -0.1) is 0 Å². The van der Waals surface area contributed by atoms with Crippen LogP contribution in [0.1, 0.15) is 40.1 Å². The number of benzene rings is 2. The minimum absolute atomic E-state index is 0.0141. The van der Waals surface area contributed by atoms with Gasteiger partial charge in [0.15, 0.2) is 11.5 Å². The van der Waals surface area contributed by atoms with Gasteiger partial charge >= 0.3 is 12.1 Å². The van der Waals surface area contributed by atoms with Gasteiger partial charge in [-0.25, -0.2) is 9.78 Å². The number of alkyl halides is 3. The van der Waals surface area contributed by atoms with Crippen LogP contribution in [0.25, 0.3) is 22.3 Å². The van der Waals surface area contributed by atoms with Crippen LogP contribution in [0, 0.1) is 6.92 Å². The normalized spacial score (nSPS) is 12.5. The van der Waals surface area contributed by atoms with Crippen LogP contribution in [0.4, 0.5) is 18.9 Å². The monoisotopic (exact) mass is 502 g/mol. The first-order valence-corrected chi connectivity index (χ1v) is 10.8. The van der Waals surface area contributed by atoms with E-state index in [0.717, 1.165) is 0 Å². The van der Waals surface area contributed by atoms with E-state index in [1.165, 1.54) is 30.3 Å². The highest BCUT2D eigenvalue weighted by Crippen LogP contribution is 2.39. The minimum Gasteiger partial charge on any atom is -0.476 e. The molecule has 0 saturated heterocycles. The first-order valence-electron chi connectivity index (χ1n) is 10.4. The molecule has 0 unspecified atom stereocenters. The number of halogens is 4. The van der Waals surface area contributed by atoms with Gasteiger partial charge in [-0.1, -0.05) is 48.0 Å². The van der Waals surface area contributed by atoms with E-state index in [4.69, 9.17) is 16.0 Å². The number of nitrogens with one attached hydrogen (secondary N) is 1. The van der Waals surface area contributed by atoms with Crippen molar-refractivity contribution in [1.82, 2.24) is 4.98 Å². The molecule has 0 aliphatic heterocycles. The molecule has 6 nitrogen and oxygen atoms in total. The van der Waals surface area contributed by atoms with E-state index in [1.54, 1.807) is 38.1 Å². The number of aryl methyl sites for hydroxylation is 1. The quantitative estimate of drug-likeness (QED) is 0.295. The maximum atomic E-state index is 14.0. The predicted molar refractivity (Wildman–Crippen MR) is 126 cm³/mol.